The summed E-state index contributed by atoms with van der Waals surface area (Å²) >= 11 is 0. The third-order valence-electron chi connectivity index (χ3n) is 3.21. The second-order valence-electron chi connectivity index (χ2n) is 4.71. The Kier molecular flexibility index (Phi) is 3.71. The third-order valence-corrected chi connectivity index (χ3v) is 3.21. The number of aromatic hydroxyl groups is 1. The van der Waals surface area contributed by atoms with Crippen LogP contribution < -0.4 is 0 Å². The average molecular weight is 270 g/mol. The topological polar surface area (TPSA) is 20.2 Å². The molecule has 0 unspecified atom stereocenters. The molecule has 0 bridgehead atoms. The number of phenolic OH excluding ortho intramolecular Hbond substituents is 1. The molecule has 0 atom stereocenters. The predicted octanol–water partition coefficient (Wildman–Crippen LogP) is 4.46. The highest BCUT2D eigenvalue weighted by molar-refractivity contribution is 5.71. The zero-order valence-corrected chi connectivity index (χ0v) is 11.5. The van der Waals surface area contributed by atoms with E-state index >= 15 is 0 Å². The van der Waals surface area contributed by atoms with Crippen molar-refractivity contribution in [1.29, 1.82) is 0 Å². The van der Waals surface area contributed by atoms with Crippen molar-refractivity contribution >= 4 is 0 Å². The van der Waals surface area contributed by atoms with Crippen molar-refractivity contribution in [3.63, 3.8) is 0 Å². The molecular weight excluding hydrogens is 256 g/mol. The van der Waals surface area contributed by atoms with Crippen molar-refractivity contribution in [3.8, 4) is 28.7 Å². The Labute approximate surface area is 124 Å². The second-order valence-corrected chi connectivity index (χ2v) is 4.71. The minimum absolute atomic E-state index is 0.251. The lowest BCUT2D eigenvalue weighted by Gasteiger charge is -2.04. The molecule has 0 aromatic heterocycles. The maximum atomic E-state index is 10.2. The van der Waals surface area contributed by atoms with Gasteiger partial charge in [-0.2, -0.15) is 0 Å². The van der Waals surface area contributed by atoms with E-state index in [4.69, 9.17) is 0 Å². The van der Waals surface area contributed by atoms with Gasteiger partial charge in [0.25, 0.3) is 0 Å². The van der Waals surface area contributed by atoms with E-state index in [2.05, 4.69) is 11.8 Å². The molecule has 0 saturated heterocycles. The summed E-state index contributed by atoms with van der Waals surface area (Å²) in [5.41, 5.74) is 3.58. The Balaban J connectivity index is 1.91. The molecule has 1 nitrogen and oxygen atoms in total. The summed E-state index contributed by atoms with van der Waals surface area (Å²) in [5.74, 6) is 6.41. The van der Waals surface area contributed by atoms with Crippen molar-refractivity contribution in [2.75, 3.05) is 0 Å². The van der Waals surface area contributed by atoms with Gasteiger partial charge in [0, 0.05) is 16.7 Å². The molecule has 0 saturated carbocycles. The van der Waals surface area contributed by atoms with Crippen molar-refractivity contribution in [2.24, 2.45) is 0 Å². The number of benzene rings is 3. The van der Waals surface area contributed by atoms with E-state index in [-0.39, 0.29) is 5.75 Å². The van der Waals surface area contributed by atoms with Crippen molar-refractivity contribution in [2.45, 2.75) is 0 Å². The molecule has 1 heteroatoms. The average Bonchev–Trinajstić information content (AvgIpc) is 2.55. The summed E-state index contributed by atoms with van der Waals surface area (Å²) in [6.45, 7) is 0. The quantitative estimate of drug-likeness (QED) is 0.647. The van der Waals surface area contributed by atoms with Crippen LogP contribution in [0.4, 0.5) is 0 Å². The first-order valence-electron chi connectivity index (χ1n) is 6.78. The van der Waals surface area contributed by atoms with Crippen molar-refractivity contribution in [1.82, 2.24) is 0 Å². The number of hydrogen-bond donors (Lipinski definition) is 1. The molecule has 0 aliphatic carbocycles. The Morgan fingerprint density at radius 1 is 0.619 bits per heavy atom. The molecule has 0 heterocycles. The Bertz CT molecular complexity index is 793. The van der Waals surface area contributed by atoms with Gasteiger partial charge in [-0.15, -0.1) is 0 Å². The summed E-state index contributed by atoms with van der Waals surface area (Å²) in [4.78, 5) is 0. The first kappa shape index (κ1) is 13.0. The van der Waals surface area contributed by atoms with E-state index in [1.165, 1.54) is 0 Å². The molecule has 0 amide bonds. The molecule has 0 aliphatic rings. The Morgan fingerprint density at radius 2 is 1.24 bits per heavy atom. The molecule has 0 fully saturated rings. The molecule has 100 valence electrons. The van der Waals surface area contributed by atoms with E-state index in [1.807, 2.05) is 72.8 Å². The van der Waals surface area contributed by atoms with Gasteiger partial charge in [0.2, 0.25) is 0 Å². The summed E-state index contributed by atoms with van der Waals surface area (Å²) in [6.07, 6.45) is 0. The largest absolute Gasteiger partial charge is 0.507 e. The van der Waals surface area contributed by atoms with Crippen LogP contribution in [0.25, 0.3) is 11.1 Å². The third kappa shape index (κ3) is 3.13. The van der Waals surface area contributed by atoms with Crippen LogP contribution in [0.2, 0.25) is 0 Å². The highest BCUT2D eigenvalue weighted by Crippen LogP contribution is 2.29. The fraction of sp³-hybridized carbons (Fsp3) is 0. The van der Waals surface area contributed by atoms with E-state index in [0.29, 0.717) is 0 Å². The maximum absolute atomic E-state index is 10.2. The van der Waals surface area contributed by atoms with Crippen LogP contribution >= 0.6 is 0 Å². The summed E-state index contributed by atoms with van der Waals surface area (Å²) in [5, 5.41) is 10.2. The summed E-state index contributed by atoms with van der Waals surface area (Å²) in [7, 11) is 0. The lowest BCUT2D eigenvalue weighted by Crippen LogP contribution is -1.81. The van der Waals surface area contributed by atoms with Gasteiger partial charge in [0.1, 0.15) is 5.75 Å². The van der Waals surface area contributed by atoms with E-state index in [9.17, 15) is 5.11 Å². The molecular formula is C20H14O. The second kappa shape index (κ2) is 5.98. The Hall–Kier alpha value is -2.98. The van der Waals surface area contributed by atoms with Crippen LogP contribution in [-0.4, -0.2) is 5.11 Å². The number of phenols is 1. The molecule has 3 rings (SSSR count). The molecule has 3 aromatic rings. The normalized spacial score (nSPS) is 9.71. The van der Waals surface area contributed by atoms with Gasteiger partial charge in [-0.05, 0) is 35.9 Å². The van der Waals surface area contributed by atoms with Gasteiger partial charge in [0.05, 0.1) is 0 Å². The lowest BCUT2D eigenvalue weighted by molar-refractivity contribution is 0.477. The van der Waals surface area contributed by atoms with Crippen LogP contribution in [0.3, 0.4) is 0 Å². The van der Waals surface area contributed by atoms with Crippen LogP contribution in [0.1, 0.15) is 11.1 Å². The molecule has 0 spiro atoms. The first-order chi connectivity index (χ1) is 10.3. The van der Waals surface area contributed by atoms with Crippen LogP contribution in [-0.2, 0) is 0 Å². The monoisotopic (exact) mass is 270 g/mol. The molecule has 0 aliphatic heterocycles. The van der Waals surface area contributed by atoms with Gasteiger partial charge in [-0.3, -0.25) is 0 Å². The van der Waals surface area contributed by atoms with Gasteiger partial charge < -0.3 is 5.11 Å². The fourth-order valence-electron chi connectivity index (χ4n) is 2.14. The van der Waals surface area contributed by atoms with Crippen molar-refractivity contribution < 1.29 is 5.11 Å². The minimum atomic E-state index is 0.251. The summed E-state index contributed by atoms with van der Waals surface area (Å²) < 4.78 is 0. The molecule has 3 aromatic carbocycles. The predicted molar refractivity (Wildman–Crippen MR) is 86.0 cm³/mol. The molecule has 1 N–H and O–H groups in total. The molecule has 0 radical (unpaired) electrons. The van der Waals surface area contributed by atoms with E-state index < -0.39 is 0 Å². The highest BCUT2D eigenvalue weighted by Gasteiger charge is 2.03. The standard InChI is InChI=1S/C20H14O/c21-20-15-17(12-11-16-7-3-1-4-8-16)13-14-19(20)18-9-5-2-6-10-18/h1-10,13-15,21H. The van der Waals surface area contributed by atoms with Gasteiger partial charge >= 0.3 is 0 Å². The SMILES string of the molecule is Oc1cc(C#Cc2ccccc2)ccc1-c1ccccc1. The zero-order chi connectivity index (χ0) is 14.5. The van der Waals surface area contributed by atoms with E-state index in [1.54, 1.807) is 6.07 Å². The van der Waals surface area contributed by atoms with Crippen LogP contribution in [0.5, 0.6) is 5.75 Å². The smallest absolute Gasteiger partial charge is 0.124 e. The van der Waals surface area contributed by atoms with Gasteiger partial charge in [0.15, 0.2) is 0 Å². The highest BCUT2D eigenvalue weighted by atomic mass is 16.3. The van der Waals surface area contributed by atoms with Gasteiger partial charge in [-0.25, -0.2) is 0 Å². The van der Waals surface area contributed by atoms with Crippen molar-refractivity contribution in [3.05, 3.63) is 90.0 Å². The molecule has 21 heavy (non-hydrogen) atoms. The first-order valence-corrected chi connectivity index (χ1v) is 6.78. The van der Waals surface area contributed by atoms with Crippen LogP contribution in [0.15, 0.2) is 78.9 Å². The number of hydrogen-bond acceptors (Lipinski definition) is 1. The Morgan fingerprint density at radius 3 is 1.90 bits per heavy atom. The van der Waals surface area contributed by atoms with E-state index in [0.717, 1.165) is 22.3 Å². The summed E-state index contributed by atoms with van der Waals surface area (Å²) in [6, 6.07) is 25.2. The maximum Gasteiger partial charge on any atom is 0.124 e. The minimum Gasteiger partial charge on any atom is -0.507 e. The number of rotatable bonds is 1. The van der Waals surface area contributed by atoms with Crippen LogP contribution in [0, 0.1) is 11.8 Å². The van der Waals surface area contributed by atoms with Gasteiger partial charge in [-0.1, -0.05) is 60.4 Å². The zero-order valence-electron chi connectivity index (χ0n) is 11.5. The lowest BCUT2D eigenvalue weighted by atomic mass is 10.0. The fourth-order valence-corrected chi connectivity index (χ4v) is 2.14.